The number of rotatable bonds is 3. The van der Waals surface area contributed by atoms with E-state index in [1.54, 1.807) is 0 Å². The van der Waals surface area contributed by atoms with Gasteiger partial charge >= 0.3 is 0 Å². The van der Waals surface area contributed by atoms with Crippen LogP contribution < -0.4 is 16.2 Å². The van der Waals surface area contributed by atoms with Crippen molar-refractivity contribution in [3.8, 4) is 16.8 Å². The zero-order valence-electron chi connectivity index (χ0n) is 32.7. The first kappa shape index (κ1) is 33.6. The SMILES string of the molecule is Cc1cc(-c2cc(C(C)(C)C)ccc2Nc2ccc(C(C)(C)C)cc2)c2c3c1c1cc4c(cc1n3-c1ccc(C(C)(C)C)cc1[B]2)oc1ccccc14. The van der Waals surface area contributed by atoms with E-state index < -0.39 is 0 Å². The summed E-state index contributed by atoms with van der Waals surface area (Å²) in [5.74, 6) is 0. The van der Waals surface area contributed by atoms with Crippen molar-refractivity contribution in [2.45, 2.75) is 85.5 Å². The van der Waals surface area contributed by atoms with Crippen molar-refractivity contribution in [1.29, 1.82) is 0 Å². The topological polar surface area (TPSA) is 30.1 Å². The second-order valence-electron chi connectivity index (χ2n) is 18.3. The second kappa shape index (κ2) is 11.4. The summed E-state index contributed by atoms with van der Waals surface area (Å²) in [6, 6.07) is 38.4. The molecule has 1 aliphatic rings. The monoisotopic (exact) mass is 691 g/mol. The fourth-order valence-electron chi connectivity index (χ4n) is 8.32. The van der Waals surface area contributed by atoms with E-state index in [2.05, 4.69) is 183 Å². The van der Waals surface area contributed by atoms with Gasteiger partial charge in [0.2, 0.25) is 0 Å². The maximum atomic E-state index is 6.49. The van der Waals surface area contributed by atoms with Crippen LogP contribution in [0, 0.1) is 6.92 Å². The highest BCUT2D eigenvalue weighted by atomic mass is 16.3. The van der Waals surface area contributed by atoms with Crippen molar-refractivity contribution in [2.24, 2.45) is 0 Å². The zero-order valence-corrected chi connectivity index (χ0v) is 32.7. The van der Waals surface area contributed by atoms with Gasteiger partial charge in [-0.2, -0.15) is 0 Å². The molecule has 0 saturated heterocycles. The van der Waals surface area contributed by atoms with Gasteiger partial charge in [0.05, 0.1) is 5.52 Å². The van der Waals surface area contributed by atoms with E-state index in [0.717, 1.165) is 33.3 Å². The van der Waals surface area contributed by atoms with Gasteiger partial charge in [0, 0.05) is 55.8 Å². The van der Waals surface area contributed by atoms with E-state index in [-0.39, 0.29) is 16.2 Å². The Morgan fingerprint density at radius 2 is 1.25 bits per heavy atom. The molecule has 3 nitrogen and oxygen atoms in total. The average Bonchev–Trinajstić information content (AvgIpc) is 3.63. The summed E-state index contributed by atoms with van der Waals surface area (Å²) in [7, 11) is 2.45. The van der Waals surface area contributed by atoms with Crippen LogP contribution in [0.2, 0.25) is 0 Å². The minimum absolute atomic E-state index is 0.0122. The van der Waals surface area contributed by atoms with E-state index in [4.69, 9.17) is 4.42 Å². The minimum atomic E-state index is -0.0122. The molecule has 0 saturated carbocycles. The van der Waals surface area contributed by atoms with Crippen LogP contribution in [0.1, 0.15) is 84.6 Å². The number of hydrogen-bond acceptors (Lipinski definition) is 2. The Balaban J connectivity index is 1.35. The molecule has 1 N–H and O–H groups in total. The Bertz CT molecular complexity index is 2770. The molecular weight excluding hydrogens is 643 g/mol. The van der Waals surface area contributed by atoms with Gasteiger partial charge in [-0.05, 0) is 98.9 Å². The van der Waals surface area contributed by atoms with Gasteiger partial charge in [0.15, 0.2) is 7.28 Å². The standard InChI is InChI=1S/C49H48BN2O/c1-28-23-36(34-24-30(48(5,6)7)17-21-39(34)51-32-19-15-29(16-20-32)47(2,3)4)45-46-44(28)37-26-35-33-13-11-12-14-42(33)53-43(35)27-41(37)52(46)40-22-18-31(49(8,9)10)25-38(40)50-45/h11-27,51H,1-10H3. The first-order valence-corrected chi connectivity index (χ1v) is 19.0. The van der Waals surface area contributed by atoms with Gasteiger partial charge in [-0.15, -0.1) is 0 Å². The van der Waals surface area contributed by atoms with Gasteiger partial charge in [-0.3, -0.25) is 0 Å². The fraction of sp³-hybridized carbons (Fsp3) is 0.265. The predicted octanol–water partition coefficient (Wildman–Crippen LogP) is 12.3. The van der Waals surface area contributed by atoms with E-state index in [1.165, 1.54) is 71.8 Å². The Morgan fingerprint density at radius 3 is 1.96 bits per heavy atom. The van der Waals surface area contributed by atoms with Crippen molar-refractivity contribution in [3.05, 3.63) is 125 Å². The van der Waals surface area contributed by atoms with E-state index >= 15 is 0 Å². The molecule has 1 aliphatic heterocycles. The Labute approximate surface area is 314 Å². The van der Waals surface area contributed by atoms with Gasteiger partial charge < -0.3 is 14.3 Å². The number of nitrogens with one attached hydrogen (secondary N) is 1. The van der Waals surface area contributed by atoms with E-state index in [0.29, 0.717) is 0 Å². The summed E-state index contributed by atoms with van der Waals surface area (Å²) in [6.07, 6.45) is 0. The molecule has 0 unspecified atom stereocenters. The van der Waals surface area contributed by atoms with Crippen LogP contribution in [-0.4, -0.2) is 11.8 Å². The van der Waals surface area contributed by atoms with Crippen LogP contribution in [0.4, 0.5) is 11.4 Å². The number of aromatic nitrogens is 1. The van der Waals surface area contributed by atoms with Crippen molar-refractivity contribution in [3.63, 3.8) is 0 Å². The Kier molecular flexibility index (Phi) is 7.22. The summed E-state index contributed by atoms with van der Waals surface area (Å²) in [5.41, 5.74) is 17.9. The van der Waals surface area contributed by atoms with Gasteiger partial charge in [0.1, 0.15) is 11.2 Å². The van der Waals surface area contributed by atoms with Crippen molar-refractivity contribution in [2.75, 3.05) is 5.32 Å². The largest absolute Gasteiger partial charge is 0.456 e. The maximum absolute atomic E-state index is 6.49. The number of benzene rings is 6. The summed E-state index contributed by atoms with van der Waals surface area (Å²) in [4.78, 5) is 0. The van der Waals surface area contributed by atoms with Crippen molar-refractivity contribution in [1.82, 2.24) is 4.57 Å². The quantitative estimate of drug-likeness (QED) is 0.187. The first-order valence-electron chi connectivity index (χ1n) is 19.0. The number of anilines is 2. The van der Waals surface area contributed by atoms with Gasteiger partial charge in [-0.1, -0.05) is 122 Å². The van der Waals surface area contributed by atoms with Crippen LogP contribution in [-0.2, 0) is 16.2 Å². The predicted molar refractivity (Wildman–Crippen MR) is 229 cm³/mol. The molecule has 263 valence electrons. The third-order valence-corrected chi connectivity index (χ3v) is 11.4. The van der Waals surface area contributed by atoms with Crippen LogP contribution in [0.15, 0.2) is 108 Å². The lowest BCUT2D eigenvalue weighted by Crippen LogP contribution is -2.38. The number of aryl methyl sites for hydroxylation is 1. The summed E-state index contributed by atoms with van der Waals surface area (Å²) < 4.78 is 9.00. The molecule has 3 heterocycles. The average molecular weight is 692 g/mol. The number of fused-ring (bicyclic) bond motifs is 8. The molecule has 1 radical (unpaired) electrons. The molecule has 8 aromatic rings. The summed E-state index contributed by atoms with van der Waals surface area (Å²) in [5, 5.41) is 8.72. The molecule has 0 atom stereocenters. The molecule has 9 rings (SSSR count). The van der Waals surface area contributed by atoms with Crippen LogP contribution in [0.3, 0.4) is 0 Å². The molecule has 0 spiro atoms. The molecule has 2 aromatic heterocycles. The number of para-hydroxylation sites is 1. The highest BCUT2D eigenvalue weighted by molar-refractivity contribution is 6.73. The summed E-state index contributed by atoms with van der Waals surface area (Å²) in [6.45, 7) is 22.9. The third-order valence-electron chi connectivity index (χ3n) is 11.4. The van der Waals surface area contributed by atoms with Gasteiger partial charge in [-0.25, -0.2) is 0 Å². The third kappa shape index (κ3) is 5.40. The second-order valence-corrected chi connectivity index (χ2v) is 18.3. The Morgan fingerprint density at radius 1 is 0.585 bits per heavy atom. The first-order chi connectivity index (χ1) is 25.1. The Hall–Kier alpha value is -5.22. The van der Waals surface area contributed by atoms with Crippen LogP contribution >= 0.6 is 0 Å². The van der Waals surface area contributed by atoms with Crippen LogP contribution in [0.5, 0.6) is 0 Å². The highest BCUT2D eigenvalue weighted by Crippen LogP contribution is 2.43. The van der Waals surface area contributed by atoms with Crippen LogP contribution in [0.25, 0.3) is 60.6 Å². The molecule has 53 heavy (non-hydrogen) atoms. The molecule has 6 aromatic carbocycles. The lowest BCUT2D eigenvalue weighted by molar-refractivity contribution is 0.590. The van der Waals surface area contributed by atoms with E-state index in [1.807, 2.05) is 6.07 Å². The van der Waals surface area contributed by atoms with Gasteiger partial charge in [0.25, 0.3) is 0 Å². The normalized spacial score (nSPS) is 13.2. The number of hydrogen-bond donors (Lipinski definition) is 1. The summed E-state index contributed by atoms with van der Waals surface area (Å²) >= 11 is 0. The lowest BCUT2D eigenvalue weighted by atomic mass is 9.58. The maximum Gasteiger partial charge on any atom is 0.197 e. The lowest BCUT2D eigenvalue weighted by Gasteiger charge is -2.28. The highest BCUT2D eigenvalue weighted by Gasteiger charge is 2.30. The number of nitrogens with zero attached hydrogens (tertiary/aromatic N) is 1. The number of furan rings is 1. The fourth-order valence-corrected chi connectivity index (χ4v) is 8.32. The minimum Gasteiger partial charge on any atom is -0.456 e. The molecule has 0 fully saturated rings. The van der Waals surface area contributed by atoms with E-state index in [9.17, 15) is 0 Å². The molecule has 0 bridgehead atoms. The van der Waals surface area contributed by atoms with Crippen molar-refractivity contribution >= 4 is 73.3 Å². The molecular formula is C49H48BN2O. The zero-order chi connectivity index (χ0) is 37.2. The molecule has 4 heteroatoms. The smallest absolute Gasteiger partial charge is 0.197 e. The molecule has 0 aliphatic carbocycles. The molecule has 0 amide bonds. The van der Waals surface area contributed by atoms with Crippen molar-refractivity contribution < 1.29 is 4.42 Å².